The molecule has 1 unspecified atom stereocenters. The molecule has 1 aliphatic rings. The first-order chi connectivity index (χ1) is 15.7. The third-order valence-electron chi connectivity index (χ3n) is 5.28. The summed E-state index contributed by atoms with van der Waals surface area (Å²) in [7, 11) is 3.25. The molecule has 2 N–H and O–H groups in total. The Hall–Kier alpha value is -3.31. The Balaban J connectivity index is 2.10. The molecule has 1 aromatic heterocycles. The molecule has 1 aliphatic heterocycles. The van der Waals surface area contributed by atoms with Crippen LogP contribution < -0.4 is 20.5 Å². The number of nitrogens with two attached hydrogens (primary N) is 1. The first-order valence-electron chi connectivity index (χ1n) is 9.83. The molecule has 2 heterocycles. The maximum Gasteiger partial charge on any atom is 0.274 e. The number of nitrogens with zero attached hydrogens (tertiary/aromatic N) is 3. The Labute approximate surface area is 203 Å². The predicted octanol–water partition coefficient (Wildman–Crippen LogP) is 2.73. The second-order valence-corrected chi connectivity index (χ2v) is 9.52. The fraction of sp³-hybridized carbons (Fsp3) is 0.125. The Morgan fingerprint density at radius 3 is 2.24 bits per heavy atom. The van der Waals surface area contributed by atoms with Crippen LogP contribution in [0.3, 0.4) is 0 Å². The molecule has 0 saturated carbocycles. The van der Waals surface area contributed by atoms with Crippen LogP contribution in [0.1, 0.15) is 17.0 Å². The molecule has 2 aromatic carbocycles. The summed E-state index contributed by atoms with van der Waals surface area (Å²) in [6.07, 6.45) is 1.71. The van der Waals surface area contributed by atoms with E-state index in [4.69, 9.17) is 28.9 Å². The number of benzene rings is 2. The number of halogens is 2. The maximum absolute atomic E-state index is 13.4. The molecule has 4 rings (SSSR count). The van der Waals surface area contributed by atoms with Gasteiger partial charge in [-0.3, -0.25) is 14.2 Å². The predicted molar refractivity (Wildman–Crippen MR) is 132 cm³/mol. The summed E-state index contributed by atoms with van der Waals surface area (Å²) in [5, 5.41) is 11.1. The van der Waals surface area contributed by atoms with Crippen LogP contribution in [-0.2, 0) is 4.79 Å². The molecule has 3 aromatic rings. The number of allylic oxidation sites excluding steroid dienone is 1. The van der Waals surface area contributed by atoms with Gasteiger partial charge in [-0.25, -0.2) is 0 Å². The largest absolute Gasteiger partial charge is 0.384 e. The highest BCUT2D eigenvalue weighted by molar-refractivity contribution is 7.07. The van der Waals surface area contributed by atoms with Crippen LogP contribution >= 0.6 is 34.5 Å². The summed E-state index contributed by atoms with van der Waals surface area (Å²) in [5.41, 5.74) is 7.86. The first kappa shape index (κ1) is 22.9. The van der Waals surface area contributed by atoms with Gasteiger partial charge < -0.3 is 10.6 Å². The lowest BCUT2D eigenvalue weighted by Crippen LogP contribution is -2.41. The highest BCUT2D eigenvalue weighted by atomic mass is 35.5. The van der Waals surface area contributed by atoms with Crippen LogP contribution in [0.2, 0.25) is 10.0 Å². The van der Waals surface area contributed by atoms with Crippen molar-refractivity contribution in [3.63, 3.8) is 0 Å². The molecule has 6 nitrogen and oxygen atoms in total. The zero-order valence-corrected chi connectivity index (χ0v) is 20.0. The third-order valence-corrected chi connectivity index (χ3v) is 6.89. The third kappa shape index (κ3) is 4.09. The number of rotatable bonds is 3. The van der Waals surface area contributed by atoms with Crippen LogP contribution in [-0.4, -0.2) is 29.5 Å². The van der Waals surface area contributed by atoms with Crippen LogP contribution in [0.15, 0.2) is 58.9 Å². The molecule has 0 saturated heterocycles. The van der Waals surface area contributed by atoms with Crippen molar-refractivity contribution in [1.82, 2.24) is 9.47 Å². The summed E-state index contributed by atoms with van der Waals surface area (Å²) in [6, 6.07) is 16.0. The van der Waals surface area contributed by atoms with Gasteiger partial charge in [0.15, 0.2) is 0 Å². The number of carbonyl (C=O) groups excluding carboxylic acids is 1. The number of hydrogen-bond acceptors (Lipinski definition) is 5. The van der Waals surface area contributed by atoms with E-state index in [-0.39, 0.29) is 17.3 Å². The number of hydrogen-bond donors (Lipinski definition) is 1. The van der Waals surface area contributed by atoms with Gasteiger partial charge >= 0.3 is 0 Å². The number of carbonyl (C=O) groups is 1. The second kappa shape index (κ2) is 8.91. The topological polar surface area (TPSA) is 92.1 Å². The summed E-state index contributed by atoms with van der Waals surface area (Å²) in [6.45, 7) is 0. The summed E-state index contributed by atoms with van der Waals surface area (Å²) >= 11 is 13.2. The monoisotopic (exact) mass is 496 g/mol. The Bertz CT molecular complexity index is 1510. The molecule has 0 spiro atoms. The van der Waals surface area contributed by atoms with Gasteiger partial charge in [-0.1, -0.05) is 47.5 Å². The Morgan fingerprint density at radius 2 is 1.70 bits per heavy atom. The second-order valence-electron chi connectivity index (χ2n) is 7.62. The van der Waals surface area contributed by atoms with Crippen molar-refractivity contribution in [2.75, 3.05) is 14.1 Å². The average molecular weight is 497 g/mol. The Morgan fingerprint density at radius 1 is 1.12 bits per heavy atom. The van der Waals surface area contributed by atoms with Crippen molar-refractivity contribution < 1.29 is 4.79 Å². The molecule has 0 bridgehead atoms. The standard InChI is InChI=1S/C24H18Cl2N4O2S/c1-29(2)23(32)20-19(14-5-9-16(26)10-6-14)17(12-27)21(28)30-22(31)18(33-24(20)30)11-13-3-7-15(25)8-4-13/h3-11,19H,28H2,1-2H3/b18-11+. The molecule has 9 heteroatoms. The fourth-order valence-corrected chi connectivity index (χ4v) is 5.12. The van der Waals surface area contributed by atoms with Gasteiger partial charge in [0, 0.05) is 24.1 Å². The summed E-state index contributed by atoms with van der Waals surface area (Å²) in [5.74, 6) is -1.04. The van der Waals surface area contributed by atoms with E-state index in [0.717, 1.165) is 16.9 Å². The summed E-state index contributed by atoms with van der Waals surface area (Å²) < 4.78 is 2.04. The van der Waals surface area contributed by atoms with E-state index in [1.165, 1.54) is 9.47 Å². The number of amides is 1. The zero-order valence-electron chi connectivity index (χ0n) is 17.7. The van der Waals surface area contributed by atoms with Crippen molar-refractivity contribution in [3.05, 3.63) is 94.8 Å². The highest BCUT2D eigenvalue weighted by Gasteiger charge is 2.36. The van der Waals surface area contributed by atoms with Gasteiger partial charge in [0.05, 0.1) is 27.7 Å². The number of nitriles is 1. The van der Waals surface area contributed by atoms with Crippen molar-refractivity contribution in [2.24, 2.45) is 5.73 Å². The normalized spacial score (nSPS) is 15.9. The van der Waals surface area contributed by atoms with Crippen LogP contribution in [0, 0.1) is 11.3 Å². The highest BCUT2D eigenvalue weighted by Crippen LogP contribution is 2.37. The van der Waals surface area contributed by atoms with Gasteiger partial charge in [-0.15, -0.1) is 11.3 Å². The van der Waals surface area contributed by atoms with Crippen molar-refractivity contribution in [3.8, 4) is 6.07 Å². The zero-order chi connectivity index (χ0) is 23.9. The average Bonchev–Trinajstić information content (AvgIpc) is 3.11. The molecule has 0 fully saturated rings. The van der Waals surface area contributed by atoms with Crippen molar-refractivity contribution in [2.45, 2.75) is 5.92 Å². The van der Waals surface area contributed by atoms with E-state index < -0.39 is 11.5 Å². The minimum atomic E-state index is -0.733. The quantitative estimate of drug-likeness (QED) is 0.603. The molecular formula is C24H18Cl2N4O2S. The van der Waals surface area contributed by atoms with E-state index in [0.29, 0.717) is 30.4 Å². The molecule has 33 heavy (non-hydrogen) atoms. The minimum absolute atomic E-state index is 0.0137. The van der Waals surface area contributed by atoms with Crippen molar-refractivity contribution >= 4 is 57.9 Å². The molecule has 166 valence electrons. The van der Waals surface area contributed by atoms with Gasteiger partial charge in [-0.05, 0) is 41.5 Å². The van der Waals surface area contributed by atoms with Gasteiger partial charge in [0.2, 0.25) is 0 Å². The molecular weight excluding hydrogens is 479 g/mol. The van der Waals surface area contributed by atoms with Gasteiger partial charge in [0.1, 0.15) is 10.5 Å². The smallest absolute Gasteiger partial charge is 0.274 e. The fourth-order valence-electron chi connectivity index (χ4n) is 3.69. The van der Waals surface area contributed by atoms with Crippen molar-refractivity contribution in [1.29, 1.82) is 5.26 Å². The number of aromatic nitrogens is 1. The summed E-state index contributed by atoms with van der Waals surface area (Å²) in [4.78, 5) is 28.1. The first-order valence-corrected chi connectivity index (χ1v) is 11.4. The van der Waals surface area contributed by atoms with E-state index in [1.807, 2.05) is 0 Å². The number of thiazole rings is 1. The molecule has 1 atom stereocenters. The minimum Gasteiger partial charge on any atom is -0.384 e. The van der Waals surface area contributed by atoms with Crippen LogP contribution in [0.4, 0.5) is 0 Å². The molecule has 0 radical (unpaired) electrons. The maximum atomic E-state index is 13.4. The van der Waals surface area contributed by atoms with E-state index in [9.17, 15) is 14.9 Å². The lowest BCUT2D eigenvalue weighted by molar-refractivity contribution is -0.123. The van der Waals surface area contributed by atoms with E-state index in [1.54, 1.807) is 68.7 Å². The number of fused-ring (bicyclic) bond motifs is 1. The van der Waals surface area contributed by atoms with Gasteiger partial charge in [-0.2, -0.15) is 5.26 Å². The molecule has 1 amide bonds. The Kier molecular flexibility index (Phi) is 6.17. The lowest BCUT2D eigenvalue weighted by Gasteiger charge is -2.26. The lowest BCUT2D eigenvalue weighted by atomic mass is 9.83. The SMILES string of the molecule is CN(C)C(=O)C1=c2s/c(=C/c3ccc(Cl)cc3)c(=O)n2C(N)=C(C#N)C1c1ccc(Cl)cc1. The van der Waals surface area contributed by atoms with E-state index in [2.05, 4.69) is 6.07 Å². The molecule has 0 aliphatic carbocycles. The van der Waals surface area contributed by atoms with E-state index >= 15 is 0 Å². The van der Waals surface area contributed by atoms with Gasteiger partial charge in [0.25, 0.3) is 11.5 Å². The van der Waals surface area contributed by atoms with Crippen LogP contribution in [0.25, 0.3) is 17.5 Å². The van der Waals surface area contributed by atoms with Crippen LogP contribution in [0.5, 0.6) is 0 Å².